The standard InChI is InChI=1S/C42H55F2N5O11S/c1-7-31-32(49(39(53)54)40(3,4)37(43)44)36(51)48-22-26(60-35-28-15-14-25(57-6)19-29(28)27-13-10-18-58-34(27)45-35)20-30(48)33(50)46-42(21-24(42)12-9-8-11-23(2)59-31)38(52)47-61(55,56)41(5)16-17-41/h9,12,14-15,19,23-24,26,30-32,37H,7-8,10-11,13,16-18,20-22H2,1-6H3,(H,46,50)(H,47,52)(H,53,54)/b12-9-/t23-,24-,26-,30+,31+,32+,42-/m1/s1. The number of allylic oxidation sites excluding steroid dienone is 1. The second-order valence-corrected chi connectivity index (χ2v) is 19.8. The van der Waals surface area contributed by atoms with Crippen LogP contribution in [0.3, 0.4) is 0 Å². The number of nitrogens with one attached hydrogen (secondary N) is 2. The molecule has 16 nitrogen and oxygen atoms in total. The van der Waals surface area contributed by atoms with Crippen molar-refractivity contribution in [2.45, 2.75) is 145 Å². The number of aromatic nitrogens is 1. The van der Waals surface area contributed by atoms with Gasteiger partial charge in [-0.15, -0.1) is 0 Å². The SMILES string of the molecule is CC[C@@H]1O[C@H](C)CC/C=C\[C@@H]2C[C@@]2(C(=O)NS(=O)(=O)C2(C)CC2)NC(=O)[C@@H]2C[C@@H](Oc3nc4c(c5cc(OC)ccc35)CCCO4)CN2C(=O)[C@H]1N(C(=O)O)C(C)(C)C(F)F. The lowest BCUT2D eigenvalue weighted by Gasteiger charge is -2.45. The number of carboxylic acid groups (broad SMARTS) is 1. The molecule has 2 saturated carbocycles. The van der Waals surface area contributed by atoms with E-state index >= 15 is 4.79 Å². The molecule has 7 atom stereocenters. The first-order valence-corrected chi connectivity index (χ1v) is 22.4. The van der Waals surface area contributed by atoms with Gasteiger partial charge in [0.15, 0.2) is 0 Å². The maximum atomic E-state index is 15.2. The summed E-state index contributed by atoms with van der Waals surface area (Å²) in [4.78, 5) is 63.3. The van der Waals surface area contributed by atoms with Crippen LogP contribution in [0, 0.1) is 5.92 Å². The number of carbonyl (C=O) groups is 4. The fraction of sp³-hybridized carbons (Fsp3) is 0.643. The van der Waals surface area contributed by atoms with Crippen LogP contribution in [0.2, 0.25) is 0 Å². The maximum Gasteiger partial charge on any atom is 0.408 e. The molecule has 0 spiro atoms. The number of sulfonamides is 1. The Morgan fingerprint density at radius 1 is 1.21 bits per heavy atom. The highest BCUT2D eigenvalue weighted by atomic mass is 32.2. The predicted octanol–water partition coefficient (Wildman–Crippen LogP) is 4.72. The molecule has 0 radical (unpaired) electrons. The van der Waals surface area contributed by atoms with E-state index in [4.69, 9.17) is 23.9 Å². The van der Waals surface area contributed by atoms with Crippen LogP contribution in [-0.4, -0.2) is 125 Å². The normalized spacial score (nSPS) is 29.4. The Labute approximate surface area is 353 Å². The number of carbonyl (C=O) groups excluding carboxylic acids is 3. The van der Waals surface area contributed by atoms with E-state index in [9.17, 15) is 36.7 Å². The van der Waals surface area contributed by atoms with Gasteiger partial charge in [-0.25, -0.2) is 22.0 Å². The third kappa shape index (κ3) is 8.31. The number of hydrogen-bond acceptors (Lipinski definition) is 11. The first kappa shape index (κ1) is 44.3. The minimum Gasteiger partial charge on any atom is -0.497 e. The van der Waals surface area contributed by atoms with Crippen LogP contribution in [0.1, 0.15) is 91.5 Å². The molecule has 5 aliphatic rings. The molecule has 7 rings (SSSR count). The molecule has 4 amide bonds. The van der Waals surface area contributed by atoms with Crippen LogP contribution < -0.4 is 24.2 Å². The highest BCUT2D eigenvalue weighted by molar-refractivity contribution is 7.91. The number of ether oxygens (including phenoxy) is 4. The summed E-state index contributed by atoms with van der Waals surface area (Å²) in [5, 5.41) is 14.8. The Hall–Kier alpha value is -4.78. The highest BCUT2D eigenvalue weighted by Gasteiger charge is 2.63. The van der Waals surface area contributed by atoms with Crippen molar-refractivity contribution in [1.29, 1.82) is 0 Å². The summed E-state index contributed by atoms with van der Waals surface area (Å²) in [7, 11) is -2.57. The van der Waals surface area contributed by atoms with Crippen LogP contribution in [0.25, 0.3) is 10.8 Å². The molecular formula is C42H55F2N5O11S. The van der Waals surface area contributed by atoms with Gasteiger partial charge in [-0.3, -0.25) is 24.0 Å². The molecule has 1 saturated heterocycles. The maximum absolute atomic E-state index is 15.2. The fourth-order valence-electron chi connectivity index (χ4n) is 8.68. The molecule has 2 aliphatic carbocycles. The van der Waals surface area contributed by atoms with Gasteiger partial charge >= 0.3 is 6.09 Å². The quantitative estimate of drug-likeness (QED) is 0.278. The number of methoxy groups -OCH3 is 1. The number of aryl methyl sites for hydroxylation is 1. The van der Waals surface area contributed by atoms with E-state index < -0.39 is 92.4 Å². The van der Waals surface area contributed by atoms with Gasteiger partial charge in [0.25, 0.3) is 12.3 Å². The molecule has 1 aromatic carbocycles. The first-order chi connectivity index (χ1) is 28.8. The molecular weight excluding hydrogens is 821 g/mol. The van der Waals surface area contributed by atoms with E-state index in [-0.39, 0.29) is 31.7 Å². The lowest BCUT2D eigenvalue weighted by Crippen LogP contribution is -2.66. The van der Waals surface area contributed by atoms with Crippen molar-refractivity contribution in [2.24, 2.45) is 5.92 Å². The second kappa shape index (κ2) is 16.5. The van der Waals surface area contributed by atoms with Gasteiger partial charge in [0.1, 0.15) is 35.0 Å². The van der Waals surface area contributed by atoms with E-state index in [1.807, 2.05) is 6.07 Å². The van der Waals surface area contributed by atoms with Gasteiger partial charge in [-0.1, -0.05) is 19.1 Å². The number of amides is 4. The van der Waals surface area contributed by atoms with E-state index in [0.29, 0.717) is 60.6 Å². The van der Waals surface area contributed by atoms with Gasteiger partial charge in [0.2, 0.25) is 33.6 Å². The smallest absolute Gasteiger partial charge is 0.408 e. The Morgan fingerprint density at radius 2 is 1.95 bits per heavy atom. The van der Waals surface area contributed by atoms with Gasteiger partial charge < -0.3 is 34.3 Å². The number of nitrogens with zero attached hydrogens (tertiary/aromatic N) is 3. The summed E-state index contributed by atoms with van der Waals surface area (Å²) in [6.45, 7) is 7.04. The van der Waals surface area contributed by atoms with Gasteiger partial charge in [0.05, 0.1) is 37.2 Å². The molecule has 3 fully saturated rings. The topological polar surface area (TPSA) is 203 Å². The molecule has 3 N–H and O–H groups in total. The molecule has 4 heterocycles. The van der Waals surface area contributed by atoms with Gasteiger partial charge in [0, 0.05) is 23.3 Å². The minimum atomic E-state index is -4.11. The van der Waals surface area contributed by atoms with Crippen molar-refractivity contribution >= 4 is 44.6 Å². The fourth-order valence-corrected chi connectivity index (χ4v) is 9.99. The molecule has 334 valence electrons. The number of hydrogen-bond donors (Lipinski definition) is 3. The van der Waals surface area contributed by atoms with E-state index in [0.717, 1.165) is 36.1 Å². The Morgan fingerprint density at radius 3 is 2.61 bits per heavy atom. The van der Waals surface area contributed by atoms with Crippen molar-refractivity contribution in [3.63, 3.8) is 0 Å². The van der Waals surface area contributed by atoms with Crippen molar-refractivity contribution in [2.75, 3.05) is 20.3 Å². The van der Waals surface area contributed by atoms with Crippen LogP contribution in [0.5, 0.6) is 17.5 Å². The van der Waals surface area contributed by atoms with Crippen LogP contribution >= 0.6 is 0 Å². The zero-order valence-corrected chi connectivity index (χ0v) is 36.1. The molecule has 61 heavy (non-hydrogen) atoms. The number of alkyl halides is 2. The Balaban J connectivity index is 1.31. The predicted molar refractivity (Wildman–Crippen MR) is 217 cm³/mol. The number of pyridine rings is 1. The van der Waals surface area contributed by atoms with Crippen LogP contribution in [0.15, 0.2) is 30.4 Å². The summed E-state index contributed by atoms with van der Waals surface area (Å²) >= 11 is 0. The third-order valence-electron chi connectivity index (χ3n) is 12.9. The van der Waals surface area contributed by atoms with E-state index in [1.54, 1.807) is 45.2 Å². The molecule has 19 heteroatoms. The number of rotatable bonds is 10. The lowest BCUT2D eigenvalue weighted by molar-refractivity contribution is -0.156. The Bertz CT molecular complexity index is 2220. The van der Waals surface area contributed by atoms with Crippen molar-refractivity contribution in [3.05, 3.63) is 35.9 Å². The zero-order chi connectivity index (χ0) is 44.2. The summed E-state index contributed by atoms with van der Waals surface area (Å²) in [6.07, 6.45) is -1.46. The van der Waals surface area contributed by atoms with Crippen molar-refractivity contribution in [3.8, 4) is 17.5 Å². The average molecular weight is 876 g/mol. The monoisotopic (exact) mass is 875 g/mol. The van der Waals surface area contributed by atoms with E-state index in [2.05, 4.69) is 10.0 Å². The van der Waals surface area contributed by atoms with E-state index in [1.165, 1.54) is 6.92 Å². The molecule has 0 bridgehead atoms. The van der Waals surface area contributed by atoms with Crippen molar-refractivity contribution in [1.82, 2.24) is 24.8 Å². The second-order valence-electron chi connectivity index (χ2n) is 17.7. The minimum absolute atomic E-state index is 0.0392. The summed E-state index contributed by atoms with van der Waals surface area (Å²) in [5.41, 5.74) is -3.25. The highest BCUT2D eigenvalue weighted by Crippen LogP contribution is 2.48. The zero-order valence-electron chi connectivity index (χ0n) is 35.2. The molecule has 2 aromatic rings. The largest absolute Gasteiger partial charge is 0.497 e. The lowest BCUT2D eigenvalue weighted by atomic mass is 9.95. The van der Waals surface area contributed by atoms with Crippen molar-refractivity contribution < 1.29 is 60.4 Å². The molecule has 3 aliphatic heterocycles. The Kier molecular flexibility index (Phi) is 12.0. The molecule has 1 aromatic heterocycles. The van der Waals surface area contributed by atoms with Gasteiger partial charge in [-0.05, 0) is 103 Å². The first-order valence-electron chi connectivity index (χ1n) is 20.9. The summed E-state index contributed by atoms with van der Waals surface area (Å²) in [5.74, 6) is -2.29. The third-order valence-corrected chi connectivity index (χ3v) is 15.1. The summed E-state index contributed by atoms with van der Waals surface area (Å²) in [6, 6.07) is 2.04. The van der Waals surface area contributed by atoms with Crippen LogP contribution in [0.4, 0.5) is 13.6 Å². The number of fused-ring (bicyclic) bond motifs is 5. The number of benzene rings is 1. The summed E-state index contributed by atoms with van der Waals surface area (Å²) < 4.78 is 81.6. The molecule has 0 unspecified atom stereocenters. The average Bonchev–Trinajstić information content (AvgIpc) is 4.10. The van der Waals surface area contributed by atoms with Gasteiger partial charge in [-0.2, -0.15) is 4.98 Å². The number of halogens is 2. The van der Waals surface area contributed by atoms with Crippen LogP contribution in [-0.2, 0) is 35.6 Å².